The van der Waals surface area contributed by atoms with Gasteiger partial charge in [0.05, 0.1) is 0 Å². The van der Waals surface area contributed by atoms with E-state index in [1.54, 1.807) is 4.90 Å². The Labute approximate surface area is 141 Å². The van der Waals surface area contributed by atoms with Gasteiger partial charge >= 0.3 is 0 Å². The van der Waals surface area contributed by atoms with Gasteiger partial charge in [-0.3, -0.25) is 4.79 Å². The predicted molar refractivity (Wildman–Crippen MR) is 93.7 cm³/mol. The van der Waals surface area contributed by atoms with Gasteiger partial charge in [-0.25, -0.2) is 9.86 Å². The number of likely N-dealkylation sites (tertiary alicyclic amines) is 1. The summed E-state index contributed by atoms with van der Waals surface area (Å²) in [5.41, 5.74) is 0.688. The molecule has 3 N–H and O–H groups in total. The molecule has 2 aromatic carbocycles. The lowest BCUT2D eigenvalue weighted by Gasteiger charge is -2.33. The van der Waals surface area contributed by atoms with Crippen molar-refractivity contribution in [1.29, 1.82) is 0 Å². The fraction of sp³-hybridized carbons (Fsp3) is 0.353. The number of benzene rings is 2. The molecule has 6 nitrogen and oxygen atoms in total. The minimum atomic E-state index is -3.70. The highest BCUT2D eigenvalue weighted by Crippen LogP contribution is 2.23. The van der Waals surface area contributed by atoms with E-state index in [2.05, 4.69) is 4.72 Å². The van der Waals surface area contributed by atoms with E-state index in [9.17, 15) is 13.2 Å². The molecule has 1 aliphatic rings. The van der Waals surface area contributed by atoms with E-state index in [1.807, 2.05) is 42.5 Å². The zero-order chi connectivity index (χ0) is 17.2. The van der Waals surface area contributed by atoms with Crippen molar-refractivity contribution in [3.63, 3.8) is 0 Å². The average Bonchev–Trinajstić information content (AvgIpc) is 2.58. The van der Waals surface area contributed by atoms with Gasteiger partial charge in [-0.15, -0.1) is 0 Å². The van der Waals surface area contributed by atoms with E-state index in [0.717, 1.165) is 23.6 Å². The van der Waals surface area contributed by atoms with Crippen LogP contribution in [0.1, 0.15) is 23.2 Å². The fourth-order valence-electron chi connectivity index (χ4n) is 3.23. The number of rotatable bonds is 4. The Kier molecular flexibility index (Phi) is 4.84. The van der Waals surface area contributed by atoms with Gasteiger partial charge in [0.25, 0.3) is 16.1 Å². The third-order valence-corrected chi connectivity index (χ3v) is 4.97. The molecule has 1 saturated heterocycles. The number of piperidine rings is 1. The topological polar surface area (TPSA) is 92.5 Å². The van der Waals surface area contributed by atoms with Crippen LogP contribution < -0.4 is 9.86 Å². The molecular formula is C17H21N3O3S. The van der Waals surface area contributed by atoms with Gasteiger partial charge in [0, 0.05) is 25.2 Å². The molecule has 0 saturated carbocycles. The second-order valence-corrected chi connectivity index (χ2v) is 7.56. The number of carbonyl (C=O) groups is 1. The highest BCUT2D eigenvalue weighted by Gasteiger charge is 2.25. The van der Waals surface area contributed by atoms with Crippen molar-refractivity contribution in [2.45, 2.75) is 12.8 Å². The van der Waals surface area contributed by atoms with Crippen LogP contribution in [-0.4, -0.2) is 38.9 Å². The summed E-state index contributed by atoms with van der Waals surface area (Å²) >= 11 is 0. The van der Waals surface area contributed by atoms with Gasteiger partial charge in [0.2, 0.25) is 0 Å². The van der Waals surface area contributed by atoms with Crippen LogP contribution in [0, 0.1) is 5.92 Å². The summed E-state index contributed by atoms with van der Waals surface area (Å²) in [7, 11) is -3.70. The lowest BCUT2D eigenvalue weighted by molar-refractivity contribution is 0.0678. The Morgan fingerprint density at radius 3 is 2.75 bits per heavy atom. The molecule has 0 radical (unpaired) electrons. The molecule has 1 amide bonds. The van der Waals surface area contributed by atoms with Crippen LogP contribution in [0.4, 0.5) is 0 Å². The van der Waals surface area contributed by atoms with Crippen molar-refractivity contribution in [1.82, 2.24) is 9.62 Å². The Hall–Kier alpha value is -1.96. The van der Waals surface area contributed by atoms with Crippen molar-refractivity contribution in [2.75, 3.05) is 19.6 Å². The Bertz CT molecular complexity index is 846. The molecule has 24 heavy (non-hydrogen) atoms. The fourth-order valence-corrected chi connectivity index (χ4v) is 3.70. The molecule has 2 aromatic rings. The Balaban J connectivity index is 1.76. The van der Waals surface area contributed by atoms with Gasteiger partial charge in [0.15, 0.2) is 0 Å². The molecule has 0 aliphatic carbocycles. The third-order valence-electron chi connectivity index (χ3n) is 4.40. The van der Waals surface area contributed by atoms with E-state index >= 15 is 0 Å². The van der Waals surface area contributed by atoms with Gasteiger partial charge in [0.1, 0.15) is 0 Å². The van der Waals surface area contributed by atoms with Crippen LogP contribution in [0.25, 0.3) is 10.8 Å². The Morgan fingerprint density at radius 2 is 1.96 bits per heavy atom. The van der Waals surface area contributed by atoms with Crippen molar-refractivity contribution >= 4 is 26.9 Å². The Morgan fingerprint density at radius 1 is 1.21 bits per heavy atom. The molecule has 1 aliphatic heterocycles. The molecule has 0 spiro atoms. The summed E-state index contributed by atoms with van der Waals surface area (Å²) < 4.78 is 24.4. The largest absolute Gasteiger partial charge is 0.338 e. The van der Waals surface area contributed by atoms with Crippen LogP contribution in [-0.2, 0) is 10.2 Å². The van der Waals surface area contributed by atoms with Crippen molar-refractivity contribution in [2.24, 2.45) is 11.1 Å². The molecule has 1 atom stereocenters. The van der Waals surface area contributed by atoms with E-state index < -0.39 is 10.2 Å². The van der Waals surface area contributed by atoms with Crippen molar-refractivity contribution in [3.05, 3.63) is 48.0 Å². The molecule has 1 heterocycles. The van der Waals surface area contributed by atoms with E-state index in [4.69, 9.17) is 5.14 Å². The maximum absolute atomic E-state index is 12.9. The van der Waals surface area contributed by atoms with Crippen LogP contribution in [0.2, 0.25) is 0 Å². The zero-order valence-electron chi connectivity index (χ0n) is 13.3. The van der Waals surface area contributed by atoms with Crippen LogP contribution in [0.3, 0.4) is 0 Å². The first-order valence-electron chi connectivity index (χ1n) is 7.98. The SMILES string of the molecule is NS(=O)(=O)NCC1CCCN(C(=O)c2cccc3ccccc23)C1. The lowest BCUT2D eigenvalue weighted by atomic mass is 9.96. The number of nitrogens with zero attached hydrogens (tertiary/aromatic N) is 1. The van der Waals surface area contributed by atoms with Crippen molar-refractivity contribution < 1.29 is 13.2 Å². The lowest BCUT2D eigenvalue weighted by Crippen LogP contribution is -2.44. The number of nitrogens with one attached hydrogen (secondary N) is 1. The van der Waals surface area contributed by atoms with E-state index in [-0.39, 0.29) is 18.4 Å². The second-order valence-electron chi connectivity index (χ2n) is 6.18. The van der Waals surface area contributed by atoms with Crippen LogP contribution >= 0.6 is 0 Å². The minimum absolute atomic E-state index is 0.00731. The zero-order valence-corrected chi connectivity index (χ0v) is 14.1. The number of hydrogen-bond donors (Lipinski definition) is 2. The summed E-state index contributed by atoms with van der Waals surface area (Å²) in [5.74, 6) is 0.0723. The minimum Gasteiger partial charge on any atom is -0.338 e. The number of fused-ring (bicyclic) bond motifs is 1. The van der Waals surface area contributed by atoms with Gasteiger partial charge in [-0.2, -0.15) is 8.42 Å². The number of carbonyl (C=O) groups excluding carboxylic acids is 1. The van der Waals surface area contributed by atoms with Crippen molar-refractivity contribution in [3.8, 4) is 0 Å². The summed E-state index contributed by atoms with van der Waals surface area (Å²) in [5, 5.41) is 6.96. The van der Waals surface area contributed by atoms with Gasteiger partial charge in [-0.05, 0) is 35.6 Å². The first kappa shape index (κ1) is 16.9. The third kappa shape index (κ3) is 3.92. The quantitative estimate of drug-likeness (QED) is 0.877. The van der Waals surface area contributed by atoms with Crippen LogP contribution in [0.5, 0.6) is 0 Å². The maximum Gasteiger partial charge on any atom is 0.274 e. The smallest absolute Gasteiger partial charge is 0.274 e. The van der Waals surface area contributed by atoms with Crippen LogP contribution in [0.15, 0.2) is 42.5 Å². The van der Waals surface area contributed by atoms with E-state index in [0.29, 0.717) is 18.7 Å². The maximum atomic E-state index is 12.9. The van der Waals surface area contributed by atoms with Gasteiger partial charge in [-0.1, -0.05) is 36.4 Å². The normalized spacial score (nSPS) is 18.7. The number of hydrogen-bond acceptors (Lipinski definition) is 3. The number of nitrogens with two attached hydrogens (primary N) is 1. The number of amides is 1. The molecule has 0 bridgehead atoms. The summed E-state index contributed by atoms with van der Waals surface area (Å²) in [6.45, 7) is 1.48. The predicted octanol–water partition coefficient (Wildman–Crippen LogP) is 1.49. The molecule has 0 aromatic heterocycles. The molecule has 128 valence electrons. The first-order valence-corrected chi connectivity index (χ1v) is 9.53. The summed E-state index contributed by atoms with van der Waals surface area (Å²) in [6, 6.07) is 13.5. The van der Waals surface area contributed by atoms with E-state index in [1.165, 1.54) is 0 Å². The monoisotopic (exact) mass is 347 g/mol. The summed E-state index contributed by atoms with van der Waals surface area (Å²) in [6.07, 6.45) is 1.73. The molecule has 1 unspecified atom stereocenters. The molecule has 3 rings (SSSR count). The molecule has 1 fully saturated rings. The van der Waals surface area contributed by atoms with Gasteiger partial charge < -0.3 is 4.90 Å². The molecular weight excluding hydrogens is 326 g/mol. The molecule has 7 heteroatoms. The first-order chi connectivity index (χ1) is 11.4. The summed E-state index contributed by atoms with van der Waals surface area (Å²) in [4.78, 5) is 14.7. The standard InChI is InChI=1S/C17H21N3O3S/c18-24(22,23)19-11-13-5-4-10-20(12-13)17(21)16-9-3-7-14-6-1-2-8-15(14)16/h1-3,6-9,13,19H,4-5,10-12H2,(H2,18,22,23). The highest BCUT2D eigenvalue weighted by atomic mass is 32.2. The highest BCUT2D eigenvalue weighted by molar-refractivity contribution is 7.87. The second kappa shape index (κ2) is 6.88. The average molecular weight is 347 g/mol.